The largest absolute Gasteiger partial charge is 0.337 e. The van der Waals surface area contributed by atoms with Gasteiger partial charge < -0.3 is 4.57 Å². The Labute approximate surface area is 118 Å². The third-order valence-corrected chi connectivity index (χ3v) is 4.46. The molecule has 0 aliphatic carbocycles. The first-order valence-corrected chi connectivity index (χ1v) is 7.79. The average Bonchev–Trinajstić information content (AvgIpc) is 2.83. The minimum absolute atomic E-state index is 0.0718. The molecule has 7 heteroatoms. The van der Waals surface area contributed by atoms with Crippen molar-refractivity contribution in [2.75, 3.05) is 0 Å². The molecule has 6 nitrogen and oxygen atoms in total. The molecule has 0 aliphatic rings. The van der Waals surface area contributed by atoms with Gasteiger partial charge in [-0.1, -0.05) is 13.8 Å². The topological polar surface area (TPSA) is 76.9 Å². The number of rotatable bonds is 5. The molecule has 0 fully saturated rings. The first-order valence-electron chi connectivity index (χ1n) is 6.31. The third-order valence-electron chi connectivity index (χ3n) is 3.03. The molecule has 0 bridgehead atoms. The van der Waals surface area contributed by atoms with Crippen molar-refractivity contribution in [3.8, 4) is 0 Å². The van der Waals surface area contributed by atoms with Crippen LogP contribution in [0.3, 0.4) is 0 Å². The van der Waals surface area contributed by atoms with Gasteiger partial charge in [0.1, 0.15) is 10.7 Å². The van der Waals surface area contributed by atoms with Crippen molar-refractivity contribution in [1.82, 2.24) is 19.3 Å². The highest BCUT2D eigenvalue weighted by Crippen LogP contribution is 2.22. The molecule has 0 spiro atoms. The van der Waals surface area contributed by atoms with Gasteiger partial charge in [0.15, 0.2) is 0 Å². The quantitative estimate of drug-likeness (QED) is 0.906. The molecule has 0 aliphatic heterocycles. The summed E-state index contributed by atoms with van der Waals surface area (Å²) >= 11 is 0. The summed E-state index contributed by atoms with van der Waals surface area (Å²) in [6, 6.07) is 2.73. The molecule has 108 valence electrons. The lowest BCUT2D eigenvalue weighted by Gasteiger charge is -2.21. The van der Waals surface area contributed by atoms with Crippen LogP contribution in [0.5, 0.6) is 0 Å². The van der Waals surface area contributed by atoms with Crippen LogP contribution < -0.4 is 4.72 Å². The predicted molar refractivity (Wildman–Crippen MR) is 75.3 cm³/mol. The molecule has 2 aromatic heterocycles. The number of aryl methyl sites for hydroxylation is 1. The number of nitrogens with one attached hydrogen (secondary N) is 1. The second-order valence-electron chi connectivity index (χ2n) is 4.93. The summed E-state index contributed by atoms with van der Waals surface area (Å²) in [5.74, 6) is 0.759. The number of imidazole rings is 1. The van der Waals surface area contributed by atoms with E-state index in [4.69, 9.17) is 0 Å². The van der Waals surface area contributed by atoms with Crippen molar-refractivity contribution < 1.29 is 8.42 Å². The number of hydrogen-bond donors (Lipinski definition) is 1. The lowest BCUT2D eigenvalue weighted by atomic mass is 10.1. The van der Waals surface area contributed by atoms with Gasteiger partial charge in [-0.25, -0.2) is 18.1 Å². The van der Waals surface area contributed by atoms with E-state index in [1.54, 1.807) is 18.5 Å². The number of pyridine rings is 1. The number of hydrogen-bond acceptors (Lipinski definition) is 4. The Morgan fingerprint density at radius 1 is 1.30 bits per heavy atom. The third kappa shape index (κ3) is 3.05. The van der Waals surface area contributed by atoms with Crippen molar-refractivity contribution in [2.24, 2.45) is 13.0 Å². The lowest BCUT2D eigenvalue weighted by molar-refractivity contribution is 0.434. The summed E-state index contributed by atoms with van der Waals surface area (Å²) in [7, 11) is -1.77. The highest BCUT2D eigenvalue weighted by molar-refractivity contribution is 7.89. The van der Waals surface area contributed by atoms with Crippen LogP contribution in [0.4, 0.5) is 0 Å². The predicted octanol–water partition coefficient (Wildman–Crippen LogP) is 1.49. The fourth-order valence-electron chi connectivity index (χ4n) is 1.90. The summed E-state index contributed by atoms with van der Waals surface area (Å²) in [5.41, 5.74) is 0. The highest BCUT2D eigenvalue weighted by atomic mass is 32.2. The second-order valence-corrected chi connectivity index (χ2v) is 6.64. The SMILES string of the molecule is CC(C)[C@H](NS(=O)(=O)c1cccnc1)c1nccn1C. The van der Waals surface area contributed by atoms with Crippen LogP contribution in [0.2, 0.25) is 0 Å². The van der Waals surface area contributed by atoms with Crippen molar-refractivity contribution in [2.45, 2.75) is 24.8 Å². The zero-order valence-electron chi connectivity index (χ0n) is 11.7. The van der Waals surface area contributed by atoms with Gasteiger partial charge in [-0.15, -0.1) is 0 Å². The first kappa shape index (κ1) is 14.7. The van der Waals surface area contributed by atoms with Gasteiger partial charge in [-0.05, 0) is 18.1 Å². The Hall–Kier alpha value is -1.73. The van der Waals surface area contributed by atoms with Gasteiger partial charge in [0.2, 0.25) is 10.0 Å². The summed E-state index contributed by atoms with van der Waals surface area (Å²) < 4.78 is 29.2. The van der Waals surface area contributed by atoms with Crippen LogP contribution >= 0.6 is 0 Å². The maximum Gasteiger partial charge on any atom is 0.242 e. The highest BCUT2D eigenvalue weighted by Gasteiger charge is 2.26. The zero-order valence-corrected chi connectivity index (χ0v) is 12.5. The molecule has 0 amide bonds. The number of sulfonamides is 1. The van der Waals surface area contributed by atoms with Crippen LogP contribution in [-0.4, -0.2) is 23.0 Å². The number of nitrogens with zero attached hydrogens (tertiary/aromatic N) is 3. The van der Waals surface area contributed by atoms with E-state index in [-0.39, 0.29) is 16.9 Å². The number of aromatic nitrogens is 3. The maximum absolute atomic E-state index is 12.4. The van der Waals surface area contributed by atoms with Crippen molar-refractivity contribution >= 4 is 10.0 Å². The van der Waals surface area contributed by atoms with Crippen LogP contribution in [0.25, 0.3) is 0 Å². The van der Waals surface area contributed by atoms with E-state index in [2.05, 4.69) is 14.7 Å². The molecule has 2 rings (SSSR count). The van der Waals surface area contributed by atoms with Gasteiger partial charge >= 0.3 is 0 Å². The van der Waals surface area contributed by atoms with Crippen LogP contribution in [0, 0.1) is 5.92 Å². The van der Waals surface area contributed by atoms with E-state index < -0.39 is 10.0 Å². The molecule has 0 aromatic carbocycles. The Kier molecular flexibility index (Phi) is 4.20. The van der Waals surface area contributed by atoms with E-state index >= 15 is 0 Å². The van der Waals surface area contributed by atoms with Crippen molar-refractivity contribution in [3.63, 3.8) is 0 Å². The molecule has 1 atom stereocenters. The molecule has 0 radical (unpaired) electrons. The molecule has 2 aromatic rings. The van der Waals surface area contributed by atoms with Crippen LogP contribution in [0.15, 0.2) is 41.8 Å². The van der Waals surface area contributed by atoms with E-state index in [9.17, 15) is 8.42 Å². The van der Waals surface area contributed by atoms with Crippen LogP contribution in [-0.2, 0) is 17.1 Å². The van der Waals surface area contributed by atoms with Gasteiger partial charge in [0.05, 0.1) is 6.04 Å². The standard InChI is InChI=1S/C13H18N4O2S/c1-10(2)12(13-15-7-8-17(13)3)16-20(18,19)11-5-4-6-14-9-11/h4-10,12,16H,1-3H3/t12-/m0/s1. The summed E-state index contributed by atoms with van der Waals surface area (Å²) in [6.07, 6.45) is 6.32. The normalized spacial score (nSPS) is 13.6. The van der Waals surface area contributed by atoms with E-state index in [1.165, 1.54) is 18.5 Å². The van der Waals surface area contributed by atoms with Gasteiger partial charge in [-0.2, -0.15) is 0 Å². The Balaban J connectivity index is 2.32. The average molecular weight is 294 g/mol. The Morgan fingerprint density at radius 2 is 2.05 bits per heavy atom. The first-order chi connectivity index (χ1) is 9.42. The minimum atomic E-state index is -3.61. The van der Waals surface area contributed by atoms with Crippen molar-refractivity contribution in [3.05, 3.63) is 42.7 Å². The Bertz CT molecular complexity index is 665. The molecular weight excluding hydrogens is 276 g/mol. The molecule has 1 N–H and O–H groups in total. The van der Waals surface area contributed by atoms with Gasteiger partial charge in [-0.3, -0.25) is 4.98 Å². The summed E-state index contributed by atoms with van der Waals surface area (Å²) in [6.45, 7) is 3.90. The molecule has 0 unspecified atom stereocenters. The lowest BCUT2D eigenvalue weighted by Crippen LogP contribution is -2.33. The second kappa shape index (κ2) is 5.72. The maximum atomic E-state index is 12.4. The van der Waals surface area contributed by atoms with E-state index in [0.29, 0.717) is 5.82 Å². The molecular formula is C13H18N4O2S. The van der Waals surface area contributed by atoms with Gasteiger partial charge in [0.25, 0.3) is 0 Å². The summed E-state index contributed by atoms with van der Waals surface area (Å²) in [4.78, 5) is 8.23. The Morgan fingerprint density at radius 3 is 2.55 bits per heavy atom. The molecule has 0 saturated carbocycles. The minimum Gasteiger partial charge on any atom is -0.337 e. The zero-order chi connectivity index (χ0) is 14.8. The molecule has 20 heavy (non-hydrogen) atoms. The van der Waals surface area contributed by atoms with Crippen LogP contribution in [0.1, 0.15) is 25.7 Å². The van der Waals surface area contributed by atoms with E-state index in [1.807, 2.05) is 25.5 Å². The summed E-state index contributed by atoms with van der Waals surface area (Å²) in [5, 5.41) is 0. The van der Waals surface area contributed by atoms with E-state index in [0.717, 1.165) is 0 Å². The molecule has 0 saturated heterocycles. The molecule has 2 heterocycles. The van der Waals surface area contributed by atoms with Crippen molar-refractivity contribution in [1.29, 1.82) is 0 Å². The smallest absolute Gasteiger partial charge is 0.242 e. The monoisotopic (exact) mass is 294 g/mol. The fourth-order valence-corrected chi connectivity index (χ4v) is 3.21. The fraction of sp³-hybridized carbons (Fsp3) is 0.385. The van der Waals surface area contributed by atoms with Gasteiger partial charge in [0, 0.05) is 31.8 Å².